The van der Waals surface area contributed by atoms with E-state index in [-0.39, 0.29) is 30.5 Å². The summed E-state index contributed by atoms with van der Waals surface area (Å²) in [5.41, 5.74) is -1.42. The Balaban J connectivity index is 3.27. The lowest BCUT2D eigenvalue weighted by Gasteiger charge is -2.17. The van der Waals surface area contributed by atoms with Crippen molar-refractivity contribution in [2.45, 2.75) is 6.16 Å². The van der Waals surface area contributed by atoms with Crippen LogP contribution in [0.25, 0.3) is 0 Å². The van der Waals surface area contributed by atoms with Crippen molar-refractivity contribution in [3.05, 3.63) is 44.0 Å². The Hall–Kier alpha value is -1.25. The molecule has 12 heteroatoms. The first-order chi connectivity index (χ1) is 10.8. The van der Waals surface area contributed by atoms with Gasteiger partial charge in [-0.15, -0.1) is 23.2 Å². The second kappa shape index (κ2) is 9.14. The zero-order chi connectivity index (χ0) is 17.5. The number of nitro groups is 2. The minimum atomic E-state index is -3.89. The molecule has 0 spiro atoms. The Bertz CT molecular complexity index is 584. The van der Waals surface area contributed by atoms with Crippen LogP contribution in [0.15, 0.2) is 18.2 Å². The van der Waals surface area contributed by atoms with Gasteiger partial charge in [-0.25, -0.2) is 0 Å². The molecule has 0 bridgehead atoms. The molecule has 0 aliphatic heterocycles. The van der Waals surface area contributed by atoms with Crippen molar-refractivity contribution < 1.29 is 23.5 Å². The SMILES string of the molecule is O=[N+]([O-])c1cccc([N+](=O)[O-])c1CP(=O)(OCCCl)OCCCl. The number of rotatable bonds is 10. The second-order valence-corrected chi connectivity index (χ2v) is 6.91. The van der Waals surface area contributed by atoms with Crippen molar-refractivity contribution in [2.24, 2.45) is 0 Å². The lowest BCUT2D eigenvalue weighted by atomic mass is 10.1. The van der Waals surface area contributed by atoms with Crippen LogP contribution in [0.2, 0.25) is 0 Å². The van der Waals surface area contributed by atoms with Gasteiger partial charge in [0, 0.05) is 23.9 Å². The fraction of sp³-hybridized carbons (Fsp3) is 0.455. The van der Waals surface area contributed by atoms with Crippen LogP contribution in [0.4, 0.5) is 11.4 Å². The average molecular weight is 387 g/mol. The molecule has 0 saturated heterocycles. The second-order valence-electron chi connectivity index (χ2n) is 4.10. The Kier molecular flexibility index (Phi) is 7.87. The third kappa shape index (κ3) is 5.71. The summed E-state index contributed by atoms with van der Waals surface area (Å²) in [6.07, 6.45) is -0.631. The van der Waals surface area contributed by atoms with Gasteiger partial charge in [-0.3, -0.25) is 24.8 Å². The van der Waals surface area contributed by atoms with E-state index >= 15 is 0 Å². The molecule has 128 valence electrons. The molecule has 23 heavy (non-hydrogen) atoms. The van der Waals surface area contributed by atoms with Gasteiger partial charge in [0.2, 0.25) is 0 Å². The van der Waals surface area contributed by atoms with E-state index < -0.39 is 35.0 Å². The molecule has 1 aromatic carbocycles. The molecule has 1 rings (SSSR count). The van der Waals surface area contributed by atoms with Gasteiger partial charge in [-0.1, -0.05) is 0 Å². The van der Waals surface area contributed by atoms with E-state index in [1.807, 2.05) is 0 Å². The number of halogens is 2. The standard InChI is InChI=1S/C11H13Cl2N2O7P/c12-4-6-21-23(20,22-7-5-13)8-9-10(14(16)17)2-1-3-11(9)15(18)19/h1-3H,4-8H2. The van der Waals surface area contributed by atoms with E-state index in [0.29, 0.717) is 0 Å². The smallest absolute Gasteiger partial charge is 0.307 e. The fourth-order valence-electron chi connectivity index (χ4n) is 1.74. The molecular formula is C11H13Cl2N2O7P. The Morgan fingerprint density at radius 1 is 1.00 bits per heavy atom. The van der Waals surface area contributed by atoms with Crippen molar-refractivity contribution in [1.29, 1.82) is 0 Å². The van der Waals surface area contributed by atoms with Gasteiger partial charge in [-0.05, 0) is 6.07 Å². The first kappa shape index (κ1) is 19.8. The number of alkyl halides is 2. The number of benzene rings is 1. The summed E-state index contributed by atoms with van der Waals surface area (Å²) in [6.45, 7) is -0.287. The van der Waals surface area contributed by atoms with Crippen molar-refractivity contribution in [1.82, 2.24) is 0 Å². The Morgan fingerprint density at radius 2 is 1.43 bits per heavy atom. The minimum Gasteiger partial charge on any atom is -0.307 e. The summed E-state index contributed by atoms with van der Waals surface area (Å²) in [4.78, 5) is 20.6. The number of nitro benzene ring substituents is 2. The quantitative estimate of drug-likeness (QED) is 0.260. The maximum Gasteiger partial charge on any atom is 0.335 e. The molecule has 0 saturated carbocycles. The largest absolute Gasteiger partial charge is 0.335 e. The van der Waals surface area contributed by atoms with Crippen LogP contribution in [0.5, 0.6) is 0 Å². The zero-order valence-corrected chi connectivity index (χ0v) is 14.1. The van der Waals surface area contributed by atoms with Gasteiger partial charge in [0.15, 0.2) is 0 Å². The fourth-order valence-corrected chi connectivity index (χ4v) is 3.81. The van der Waals surface area contributed by atoms with E-state index in [4.69, 9.17) is 32.2 Å². The maximum atomic E-state index is 12.6. The summed E-state index contributed by atoms with van der Waals surface area (Å²) in [6, 6.07) is 3.33. The summed E-state index contributed by atoms with van der Waals surface area (Å²) >= 11 is 10.9. The van der Waals surface area contributed by atoms with Crippen molar-refractivity contribution in [3.8, 4) is 0 Å². The number of hydrogen-bond donors (Lipinski definition) is 0. The van der Waals surface area contributed by atoms with Crippen LogP contribution in [0.3, 0.4) is 0 Å². The molecule has 0 unspecified atom stereocenters. The Morgan fingerprint density at radius 3 is 1.78 bits per heavy atom. The number of hydrogen-bond acceptors (Lipinski definition) is 7. The first-order valence-electron chi connectivity index (χ1n) is 6.25. The molecule has 0 aliphatic carbocycles. The van der Waals surface area contributed by atoms with Gasteiger partial charge >= 0.3 is 7.60 Å². The molecule has 9 nitrogen and oxygen atoms in total. The highest BCUT2D eigenvalue weighted by Gasteiger charge is 2.34. The maximum absolute atomic E-state index is 12.6. The molecule has 0 aliphatic rings. The molecule has 0 atom stereocenters. The molecule has 0 aromatic heterocycles. The molecule has 0 N–H and O–H groups in total. The summed E-state index contributed by atoms with van der Waals surface area (Å²) in [5, 5.41) is 22.2. The van der Waals surface area contributed by atoms with E-state index in [1.54, 1.807) is 0 Å². The van der Waals surface area contributed by atoms with Gasteiger partial charge < -0.3 is 9.05 Å². The highest BCUT2D eigenvalue weighted by molar-refractivity contribution is 7.53. The predicted molar refractivity (Wildman–Crippen MR) is 84.4 cm³/mol. The van der Waals surface area contributed by atoms with Gasteiger partial charge in [-0.2, -0.15) is 0 Å². The molecule has 0 heterocycles. The summed E-state index contributed by atoms with van der Waals surface area (Å²) in [7, 11) is -3.89. The van der Waals surface area contributed by atoms with Crippen LogP contribution in [-0.2, 0) is 19.8 Å². The third-order valence-electron chi connectivity index (χ3n) is 2.60. The summed E-state index contributed by atoms with van der Waals surface area (Å²) in [5.74, 6) is 0.0143. The van der Waals surface area contributed by atoms with Crippen molar-refractivity contribution in [2.75, 3.05) is 25.0 Å². The number of nitrogens with zero attached hydrogens (tertiary/aromatic N) is 2. The van der Waals surface area contributed by atoms with E-state index in [0.717, 1.165) is 12.1 Å². The highest BCUT2D eigenvalue weighted by atomic mass is 35.5. The van der Waals surface area contributed by atoms with Crippen LogP contribution < -0.4 is 0 Å². The average Bonchev–Trinajstić information content (AvgIpc) is 2.51. The van der Waals surface area contributed by atoms with Crippen LogP contribution >= 0.6 is 30.8 Å². The van der Waals surface area contributed by atoms with Gasteiger partial charge in [0.1, 0.15) is 5.56 Å². The van der Waals surface area contributed by atoms with E-state index in [2.05, 4.69) is 0 Å². The molecule has 1 aromatic rings. The monoisotopic (exact) mass is 386 g/mol. The minimum absolute atomic E-state index is 0.00714. The lowest BCUT2D eigenvalue weighted by Crippen LogP contribution is -2.07. The Labute approximate surface area is 141 Å². The highest BCUT2D eigenvalue weighted by Crippen LogP contribution is 2.53. The third-order valence-corrected chi connectivity index (χ3v) is 4.77. The topological polar surface area (TPSA) is 122 Å². The van der Waals surface area contributed by atoms with Crippen LogP contribution in [0, 0.1) is 20.2 Å². The lowest BCUT2D eigenvalue weighted by molar-refractivity contribution is -0.395. The first-order valence-corrected chi connectivity index (χ1v) is 9.05. The molecule has 0 fully saturated rings. The van der Waals surface area contributed by atoms with Gasteiger partial charge in [0.05, 0.1) is 29.2 Å². The van der Waals surface area contributed by atoms with Gasteiger partial charge in [0.25, 0.3) is 11.4 Å². The molecular weight excluding hydrogens is 374 g/mol. The van der Waals surface area contributed by atoms with Crippen LogP contribution in [-0.4, -0.2) is 34.8 Å². The molecule has 0 amide bonds. The summed E-state index contributed by atoms with van der Waals surface area (Å²) < 4.78 is 22.7. The van der Waals surface area contributed by atoms with E-state index in [1.165, 1.54) is 6.07 Å². The van der Waals surface area contributed by atoms with Crippen molar-refractivity contribution >= 4 is 42.2 Å². The van der Waals surface area contributed by atoms with E-state index in [9.17, 15) is 24.8 Å². The molecule has 0 radical (unpaired) electrons. The predicted octanol–water partition coefficient (Wildman–Crippen LogP) is 3.71. The van der Waals surface area contributed by atoms with Crippen molar-refractivity contribution in [3.63, 3.8) is 0 Å². The van der Waals surface area contributed by atoms with Crippen LogP contribution in [0.1, 0.15) is 5.56 Å². The zero-order valence-electron chi connectivity index (χ0n) is 11.7. The normalized spacial score (nSPS) is 11.4.